The molecule has 0 unspecified atom stereocenters. The molecular formula is C17H39NO2Si2. The Morgan fingerprint density at radius 3 is 1.95 bits per heavy atom. The molecule has 0 saturated heterocycles. The van der Waals surface area contributed by atoms with Crippen LogP contribution in [0.5, 0.6) is 0 Å². The summed E-state index contributed by atoms with van der Waals surface area (Å²) in [6.45, 7) is 8.60. The Labute approximate surface area is 141 Å². The highest BCUT2D eigenvalue weighted by Gasteiger charge is 2.38. The molecule has 0 radical (unpaired) electrons. The maximum atomic E-state index is 5.50. The fourth-order valence-electron chi connectivity index (χ4n) is 4.32. The molecule has 1 fully saturated rings. The van der Waals surface area contributed by atoms with Gasteiger partial charge < -0.3 is 13.4 Å². The van der Waals surface area contributed by atoms with E-state index in [0.717, 1.165) is 12.1 Å². The van der Waals surface area contributed by atoms with Crippen LogP contribution in [0.4, 0.5) is 0 Å². The van der Waals surface area contributed by atoms with Gasteiger partial charge in [0.1, 0.15) is 8.24 Å². The molecule has 5 heteroatoms. The van der Waals surface area contributed by atoms with Crippen LogP contribution >= 0.6 is 0 Å². The molecule has 1 aliphatic rings. The van der Waals surface area contributed by atoms with Crippen molar-refractivity contribution in [1.82, 2.24) is 4.57 Å². The Hall–Kier alpha value is 0.314. The van der Waals surface area contributed by atoms with Crippen molar-refractivity contribution < 1.29 is 8.85 Å². The monoisotopic (exact) mass is 345 g/mol. The van der Waals surface area contributed by atoms with E-state index in [1.807, 2.05) is 14.2 Å². The van der Waals surface area contributed by atoms with E-state index in [9.17, 15) is 0 Å². The topological polar surface area (TPSA) is 21.7 Å². The molecule has 3 nitrogen and oxygen atoms in total. The first-order valence-electron chi connectivity index (χ1n) is 9.49. The third-order valence-corrected chi connectivity index (χ3v) is 13.7. The third kappa shape index (κ3) is 5.44. The molecule has 0 amide bonds. The van der Waals surface area contributed by atoms with Gasteiger partial charge in [-0.2, -0.15) is 0 Å². The van der Waals surface area contributed by atoms with Crippen LogP contribution in [0.2, 0.25) is 24.2 Å². The molecule has 1 rings (SSSR count). The van der Waals surface area contributed by atoms with E-state index in [0.29, 0.717) is 0 Å². The molecule has 0 bridgehead atoms. The minimum atomic E-state index is -1.39. The van der Waals surface area contributed by atoms with Crippen molar-refractivity contribution in [2.24, 2.45) is 0 Å². The maximum absolute atomic E-state index is 5.50. The Morgan fingerprint density at radius 1 is 0.955 bits per heavy atom. The van der Waals surface area contributed by atoms with Crippen molar-refractivity contribution in [2.45, 2.75) is 89.5 Å². The summed E-state index contributed by atoms with van der Waals surface area (Å²) in [5.41, 5.74) is 0. The van der Waals surface area contributed by atoms with Gasteiger partial charge in [0, 0.05) is 20.3 Å². The Morgan fingerprint density at radius 2 is 1.50 bits per heavy atom. The van der Waals surface area contributed by atoms with E-state index >= 15 is 0 Å². The number of nitrogens with zero attached hydrogens (tertiary/aromatic N) is 1. The summed E-state index contributed by atoms with van der Waals surface area (Å²) < 4.78 is 14.0. The zero-order valence-corrected chi connectivity index (χ0v) is 17.9. The first-order chi connectivity index (χ1) is 10.7. The minimum Gasteiger partial charge on any atom is -0.400 e. The van der Waals surface area contributed by atoms with E-state index < -0.39 is 17.5 Å². The van der Waals surface area contributed by atoms with Gasteiger partial charge in [-0.1, -0.05) is 40.0 Å². The van der Waals surface area contributed by atoms with E-state index in [-0.39, 0.29) is 0 Å². The minimum absolute atomic E-state index is 0.866. The summed E-state index contributed by atoms with van der Waals surface area (Å²) in [5.74, 6) is 0. The summed E-state index contributed by atoms with van der Waals surface area (Å²) >= 11 is 0. The molecule has 0 spiro atoms. The molecular weight excluding hydrogens is 306 g/mol. The van der Waals surface area contributed by atoms with E-state index in [1.54, 1.807) is 0 Å². The Balaban J connectivity index is 2.72. The Bertz CT molecular complexity index is 270. The van der Waals surface area contributed by atoms with Gasteiger partial charge in [0.2, 0.25) is 0 Å². The van der Waals surface area contributed by atoms with Crippen LogP contribution in [0.25, 0.3) is 0 Å². The van der Waals surface area contributed by atoms with Gasteiger partial charge >= 0.3 is 9.28 Å². The van der Waals surface area contributed by atoms with Gasteiger partial charge in [-0.15, -0.1) is 0 Å². The van der Waals surface area contributed by atoms with Crippen molar-refractivity contribution in [3.8, 4) is 0 Å². The molecule has 0 aromatic rings. The largest absolute Gasteiger partial charge is 0.400 e. The molecule has 132 valence electrons. The second kappa shape index (κ2) is 11.0. The molecule has 0 aromatic carbocycles. The van der Waals surface area contributed by atoms with E-state index in [2.05, 4.69) is 25.3 Å². The molecule has 0 aliphatic heterocycles. The van der Waals surface area contributed by atoms with E-state index in [4.69, 9.17) is 8.85 Å². The second-order valence-electron chi connectivity index (χ2n) is 6.81. The van der Waals surface area contributed by atoms with Crippen LogP contribution in [0.15, 0.2) is 0 Å². The van der Waals surface area contributed by atoms with Crippen molar-refractivity contribution in [1.29, 1.82) is 0 Å². The summed E-state index contributed by atoms with van der Waals surface area (Å²) in [7, 11) is 0.971. The zero-order chi connectivity index (χ0) is 16.4. The Kier molecular flexibility index (Phi) is 10.2. The van der Waals surface area contributed by atoms with Gasteiger partial charge in [0.25, 0.3) is 0 Å². The lowest BCUT2D eigenvalue weighted by Crippen LogP contribution is -2.57. The van der Waals surface area contributed by atoms with Gasteiger partial charge in [0.15, 0.2) is 0 Å². The average Bonchev–Trinajstić information content (AvgIpc) is 2.59. The second-order valence-corrected chi connectivity index (χ2v) is 14.3. The van der Waals surface area contributed by atoms with Crippen LogP contribution in [0.3, 0.4) is 0 Å². The lowest BCUT2D eigenvalue weighted by molar-refractivity contribution is 0.236. The first-order valence-corrected chi connectivity index (χ1v) is 13.8. The van der Waals surface area contributed by atoms with Crippen LogP contribution in [0.1, 0.15) is 59.3 Å². The van der Waals surface area contributed by atoms with Crippen LogP contribution in [-0.4, -0.2) is 48.9 Å². The highest BCUT2D eigenvalue weighted by molar-refractivity contribution is 6.77. The highest BCUT2D eigenvalue weighted by atomic mass is 28.3. The number of rotatable bonds is 11. The fourth-order valence-corrected chi connectivity index (χ4v) is 9.88. The van der Waals surface area contributed by atoms with E-state index in [1.165, 1.54) is 63.2 Å². The van der Waals surface area contributed by atoms with Gasteiger partial charge in [-0.3, -0.25) is 0 Å². The maximum Gasteiger partial charge on any atom is 0.320 e. The van der Waals surface area contributed by atoms with Crippen LogP contribution in [0, 0.1) is 0 Å². The lowest BCUT2D eigenvalue weighted by Gasteiger charge is -2.47. The average molecular weight is 346 g/mol. The fraction of sp³-hybridized carbons (Fsp3) is 1.00. The molecule has 1 aliphatic carbocycles. The van der Waals surface area contributed by atoms with Crippen LogP contribution < -0.4 is 0 Å². The molecule has 22 heavy (non-hydrogen) atoms. The molecule has 0 aromatic heterocycles. The summed E-state index contributed by atoms with van der Waals surface area (Å²) in [4.78, 5) is 0. The zero-order valence-electron chi connectivity index (χ0n) is 15.7. The van der Waals surface area contributed by atoms with Gasteiger partial charge in [0.05, 0.1) is 0 Å². The summed E-state index contributed by atoms with van der Waals surface area (Å²) in [5, 5.41) is 0. The normalized spacial score (nSPS) is 17.6. The first kappa shape index (κ1) is 20.4. The SMILES string of the molecule is CC[Si](CC)(CC)N(CCC[SiH](OC)OC)C1CCCCC1. The molecule has 0 N–H and O–H groups in total. The predicted molar refractivity (Wildman–Crippen MR) is 101 cm³/mol. The van der Waals surface area contributed by atoms with Crippen molar-refractivity contribution in [2.75, 3.05) is 20.8 Å². The van der Waals surface area contributed by atoms with Crippen LogP contribution in [-0.2, 0) is 8.85 Å². The third-order valence-electron chi connectivity index (χ3n) is 5.96. The molecule has 0 atom stereocenters. The van der Waals surface area contributed by atoms with Gasteiger partial charge in [-0.25, -0.2) is 0 Å². The van der Waals surface area contributed by atoms with Crippen molar-refractivity contribution in [3.63, 3.8) is 0 Å². The number of hydrogen-bond acceptors (Lipinski definition) is 3. The standard InChI is InChI=1S/C17H39NO2Si2/c1-6-22(7-2,8-3)18(17-13-10-9-11-14-17)15-12-16-21(19-4)20-5/h17,21H,6-16H2,1-5H3. The number of hydrogen-bond donors (Lipinski definition) is 0. The molecule has 1 saturated carbocycles. The molecule has 0 heterocycles. The predicted octanol–water partition coefficient (Wildman–Crippen LogP) is 4.53. The lowest BCUT2D eigenvalue weighted by atomic mass is 9.95. The van der Waals surface area contributed by atoms with Crippen molar-refractivity contribution in [3.05, 3.63) is 0 Å². The van der Waals surface area contributed by atoms with Gasteiger partial charge in [-0.05, 0) is 50.0 Å². The summed E-state index contributed by atoms with van der Waals surface area (Å²) in [6.07, 6.45) is 8.45. The highest BCUT2D eigenvalue weighted by Crippen LogP contribution is 2.33. The smallest absolute Gasteiger partial charge is 0.320 e. The summed E-state index contributed by atoms with van der Waals surface area (Å²) in [6, 6.07) is 6.24. The quantitative estimate of drug-likeness (QED) is 0.514. The van der Waals surface area contributed by atoms with Crippen molar-refractivity contribution >= 4 is 17.5 Å².